The van der Waals surface area contributed by atoms with Gasteiger partial charge in [0.1, 0.15) is 16.6 Å². The monoisotopic (exact) mass is 184 g/mol. The van der Waals surface area contributed by atoms with Gasteiger partial charge in [-0.3, -0.25) is 4.98 Å². The molecule has 1 N–H and O–H groups in total. The van der Waals surface area contributed by atoms with Gasteiger partial charge in [-0.2, -0.15) is 15.4 Å². The molecule has 68 valence electrons. The van der Waals surface area contributed by atoms with Gasteiger partial charge in [0, 0.05) is 11.6 Å². The van der Waals surface area contributed by atoms with E-state index in [0.29, 0.717) is 0 Å². The lowest BCUT2D eigenvalue weighted by Gasteiger charge is -1.99. The van der Waals surface area contributed by atoms with Crippen LogP contribution in [0.2, 0.25) is 0 Å². The molecule has 0 aliphatic rings. The number of nitrogens with one attached hydrogen (secondary N) is 1. The van der Waals surface area contributed by atoms with Crippen LogP contribution in [0.5, 0.6) is 0 Å². The summed E-state index contributed by atoms with van der Waals surface area (Å²) in [6.07, 6.45) is 1.77. The number of aromatic amines is 1. The third-order valence-electron chi connectivity index (χ3n) is 2.38. The van der Waals surface area contributed by atoms with Crippen molar-refractivity contribution in [1.82, 2.24) is 20.4 Å². The van der Waals surface area contributed by atoms with Crippen LogP contribution in [0.25, 0.3) is 21.9 Å². The van der Waals surface area contributed by atoms with Crippen LogP contribution < -0.4 is 0 Å². The molecule has 0 saturated heterocycles. The van der Waals surface area contributed by atoms with Crippen LogP contribution in [-0.2, 0) is 0 Å². The van der Waals surface area contributed by atoms with E-state index in [1.54, 1.807) is 6.20 Å². The number of rotatable bonds is 0. The molecular weight excluding hydrogens is 176 g/mol. The molecule has 3 aromatic rings. The van der Waals surface area contributed by atoms with E-state index in [2.05, 4.69) is 27.3 Å². The Bertz CT molecular complexity index is 612. The summed E-state index contributed by atoms with van der Waals surface area (Å²) in [6, 6.07) is 6.00. The second-order valence-corrected chi connectivity index (χ2v) is 3.28. The fraction of sp³-hybridized carbons (Fsp3) is 0.100. The molecule has 0 unspecified atom stereocenters. The molecule has 0 bridgehead atoms. The summed E-state index contributed by atoms with van der Waals surface area (Å²) in [7, 11) is 0. The highest BCUT2D eigenvalue weighted by Gasteiger charge is 2.06. The predicted octanol–water partition coefficient (Wildman–Crippen LogP) is 1.81. The first kappa shape index (κ1) is 7.44. The van der Waals surface area contributed by atoms with Gasteiger partial charge in [0.25, 0.3) is 0 Å². The highest BCUT2D eigenvalue weighted by molar-refractivity contribution is 6.02. The Kier molecular flexibility index (Phi) is 1.33. The van der Waals surface area contributed by atoms with Crippen molar-refractivity contribution in [1.29, 1.82) is 0 Å². The summed E-state index contributed by atoms with van der Waals surface area (Å²) in [5.41, 5.74) is 3.80. The maximum atomic E-state index is 4.32. The quantitative estimate of drug-likeness (QED) is 0.579. The molecule has 0 spiro atoms. The van der Waals surface area contributed by atoms with Crippen LogP contribution in [0, 0.1) is 6.92 Å². The lowest BCUT2D eigenvalue weighted by Crippen LogP contribution is -1.83. The maximum Gasteiger partial charge on any atom is 0.139 e. The largest absolute Gasteiger partial charge is 0.254 e. The third-order valence-corrected chi connectivity index (χ3v) is 2.38. The summed E-state index contributed by atoms with van der Waals surface area (Å²) in [6.45, 7) is 2.05. The first-order chi connectivity index (χ1) is 6.86. The van der Waals surface area contributed by atoms with Crippen molar-refractivity contribution in [3.63, 3.8) is 0 Å². The molecule has 4 heteroatoms. The molecule has 4 nitrogen and oxygen atoms in total. The van der Waals surface area contributed by atoms with E-state index in [1.165, 1.54) is 5.56 Å². The second-order valence-electron chi connectivity index (χ2n) is 3.28. The minimum absolute atomic E-state index is 0.839. The molecule has 2 heterocycles. The highest BCUT2D eigenvalue weighted by atomic mass is 15.3. The summed E-state index contributed by atoms with van der Waals surface area (Å²) in [5.74, 6) is 0. The average molecular weight is 184 g/mol. The summed E-state index contributed by atoms with van der Waals surface area (Å²) in [4.78, 5) is 4.32. The van der Waals surface area contributed by atoms with Crippen molar-refractivity contribution in [3.05, 3.63) is 30.0 Å². The van der Waals surface area contributed by atoms with Gasteiger partial charge in [0.2, 0.25) is 0 Å². The molecule has 14 heavy (non-hydrogen) atoms. The SMILES string of the molecule is Cc1cc2n[nH]nc2c2ncccc12. The lowest BCUT2D eigenvalue weighted by atomic mass is 10.1. The van der Waals surface area contributed by atoms with E-state index >= 15 is 0 Å². The van der Waals surface area contributed by atoms with Crippen LogP contribution in [-0.4, -0.2) is 20.4 Å². The van der Waals surface area contributed by atoms with E-state index in [-0.39, 0.29) is 0 Å². The molecule has 0 saturated carbocycles. The van der Waals surface area contributed by atoms with Crippen molar-refractivity contribution in [2.75, 3.05) is 0 Å². The zero-order valence-corrected chi connectivity index (χ0v) is 7.65. The average Bonchev–Trinajstić information content (AvgIpc) is 2.66. The van der Waals surface area contributed by atoms with Crippen molar-refractivity contribution >= 4 is 21.9 Å². The number of fused-ring (bicyclic) bond motifs is 3. The second kappa shape index (κ2) is 2.51. The Labute approximate surface area is 80.0 Å². The van der Waals surface area contributed by atoms with Crippen LogP contribution >= 0.6 is 0 Å². The minimum atomic E-state index is 0.839. The van der Waals surface area contributed by atoms with Crippen LogP contribution in [0.4, 0.5) is 0 Å². The van der Waals surface area contributed by atoms with Crippen LogP contribution in [0.15, 0.2) is 24.4 Å². The molecule has 0 amide bonds. The summed E-state index contributed by atoms with van der Waals surface area (Å²) >= 11 is 0. The predicted molar refractivity (Wildman–Crippen MR) is 53.9 cm³/mol. The van der Waals surface area contributed by atoms with Gasteiger partial charge in [-0.25, -0.2) is 0 Å². The zero-order valence-electron chi connectivity index (χ0n) is 7.65. The molecule has 0 radical (unpaired) electrons. The number of aromatic nitrogens is 4. The van der Waals surface area contributed by atoms with E-state index in [0.717, 1.165) is 21.9 Å². The van der Waals surface area contributed by atoms with E-state index in [9.17, 15) is 0 Å². The molecule has 1 aromatic carbocycles. The zero-order chi connectivity index (χ0) is 9.54. The number of nitrogens with zero attached hydrogens (tertiary/aromatic N) is 3. The van der Waals surface area contributed by atoms with Gasteiger partial charge in [-0.05, 0) is 24.6 Å². The van der Waals surface area contributed by atoms with Crippen molar-refractivity contribution in [2.45, 2.75) is 6.92 Å². The summed E-state index contributed by atoms with van der Waals surface area (Å²) in [5, 5.41) is 11.9. The molecule has 0 aliphatic carbocycles. The van der Waals surface area contributed by atoms with Gasteiger partial charge in [0.15, 0.2) is 0 Å². The van der Waals surface area contributed by atoms with Gasteiger partial charge >= 0.3 is 0 Å². The minimum Gasteiger partial charge on any atom is -0.254 e. The van der Waals surface area contributed by atoms with E-state index < -0.39 is 0 Å². The van der Waals surface area contributed by atoms with Crippen molar-refractivity contribution in [2.24, 2.45) is 0 Å². The number of pyridine rings is 1. The standard InChI is InChI=1S/C10H8N4/c1-6-5-8-10(13-14-12-8)9-7(6)3-2-4-11-9/h2-5H,1H3,(H,12,13,14). The lowest BCUT2D eigenvalue weighted by molar-refractivity contribution is 0.960. The molecule has 0 aliphatic heterocycles. The fourth-order valence-electron chi connectivity index (χ4n) is 1.71. The van der Waals surface area contributed by atoms with Gasteiger partial charge in [0.05, 0.1) is 0 Å². The van der Waals surface area contributed by atoms with E-state index in [1.807, 2.05) is 18.2 Å². The molecule has 3 rings (SSSR count). The Morgan fingerprint density at radius 3 is 3.07 bits per heavy atom. The maximum absolute atomic E-state index is 4.32. The number of aryl methyl sites for hydroxylation is 1. The van der Waals surface area contributed by atoms with Crippen LogP contribution in [0.1, 0.15) is 5.56 Å². The first-order valence-electron chi connectivity index (χ1n) is 4.41. The Morgan fingerprint density at radius 2 is 2.14 bits per heavy atom. The number of hydrogen-bond acceptors (Lipinski definition) is 3. The number of H-pyrrole nitrogens is 1. The van der Waals surface area contributed by atoms with Crippen LogP contribution in [0.3, 0.4) is 0 Å². The van der Waals surface area contributed by atoms with Gasteiger partial charge < -0.3 is 0 Å². The normalized spacial score (nSPS) is 11.2. The van der Waals surface area contributed by atoms with Gasteiger partial charge in [-0.15, -0.1) is 0 Å². The third kappa shape index (κ3) is 0.849. The van der Waals surface area contributed by atoms with E-state index in [4.69, 9.17) is 0 Å². The fourth-order valence-corrected chi connectivity index (χ4v) is 1.71. The first-order valence-corrected chi connectivity index (χ1v) is 4.41. The number of hydrogen-bond donors (Lipinski definition) is 1. The number of benzene rings is 1. The topological polar surface area (TPSA) is 54.5 Å². The molecule has 0 atom stereocenters. The Balaban J connectivity index is 2.67. The smallest absolute Gasteiger partial charge is 0.139 e. The van der Waals surface area contributed by atoms with Gasteiger partial charge in [-0.1, -0.05) is 6.07 Å². The Morgan fingerprint density at radius 1 is 1.21 bits per heavy atom. The van der Waals surface area contributed by atoms with Crippen molar-refractivity contribution in [3.8, 4) is 0 Å². The van der Waals surface area contributed by atoms with Crippen molar-refractivity contribution < 1.29 is 0 Å². The molecule has 2 aromatic heterocycles. The molecule has 0 fully saturated rings. The highest BCUT2D eigenvalue weighted by Crippen LogP contribution is 2.23. The Hall–Kier alpha value is -1.97. The summed E-state index contributed by atoms with van der Waals surface area (Å²) < 4.78 is 0. The molecular formula is C10H8N4.